The number of hydrogen-bond acceptors (Lipinski definition) is 4. The van der Waals surface area contributed by atoms with Crippen LogP contribution in [0.15, 0.2) is 36.7 Å². The van der Waals surface area contributed by atoms with Gasteiger partial charge in [-0.15, -0.1) is 0 Å². The first kappa shape index (κ1) is 17.2. The van der Waals surface area contributed by atoms with Crippen molar-refractivity contribution in [1.29, 1.82) is 0 Å². The Morgan fingerprint density at radius 2 is 2.12 bits per heavy atom. The highest BCUT2D eigenvalue weighted by molar-refractivity contribution is 6.10. The van der Waals surface area contributed by atoms with Gasteiger partial charge in [0.2, 0.25) is 11.8 Å². The van der Waals surface area contributed by atoms with Gasteiger partial charge < -0.3 is 10.6 Å². The van der Waals surface area contributed by atoms with Gasteiger partial charge in [0.25, 0.3) is 0 Å². The standard InChI is InChI=1S/C18H23N5O2/c1-12-8-20-23(10-12)14(3)13(2)19-9-18(25)22-11-17(24)21-15-6-4-5-7-16(15)22/h4-8,10,13-14,19H,9,11H2,1-3H3,(H,21,24)/t13-,14+/m1/s1. The summed E-state index contributed by atoms with van der Waals surface area (Å²) in [6, 6.07) is 7.49. The van der Waals surface area contributed by atoms with E-state index in [0.717, 1.165) is 11.3 Å². The Balaban J connectivity index is 1.64. The number of fused-ring (bicyclic) bond motifs is 1. The number of benzene rings is 1. The van der Waals surface area contributed by atoms with E-state index in [1.54, 1.807) is 6.07 Å². The van der Waals surface area contributed by atoms with Gasteiger partial charge in [0, 0.05) is 12.2 Å². The normalized spacial score (nSPS) is 16.1. The van der Waals surface area contributed by atoms with E-state index in [1.165, 1.54) is 4.90 Å². The molecule has 2 atom stereocenters. The number of amides is 2. The SMILES string of the molecule is Cc1cnn([C@@H](C)[C@@H](C)NCC(=O)N2CC(=O)Nc3ccccc32)c1. The zero-order chi connectivity index (χ0) is 18.0. The van der Waals surface area contributed by atoms with Gasteiger partial charge in [-0.05, 0) is 38.5 Å². The van der Waals surface area contributed by atoms with Gasteiger partial charge in [-0.25, -0.2) is 0 Å². The third kappa shape index (κ3) is 3.71. The number of anilines is 2. The van der Waals surface area contributed by atoms with Crippen LogP contribution in [0.5, 0.6) is 0 Å². The topological polar surface area (TPSA) is 79.3 Å². The van der Waals surface area contributed by atoms with Crippen LogP contribution in [0.4, 0.5) is 11.4 Å². The second-order valence-electron chi connectivity index (χ2n) is 6.45. The molecule has 1 aliphatic rings. The summed E-state index contributed by atoms with van der Waals surface area (Å²) in [6.45, 7) is 6.27. The van der Waals surface area contributed by atoms with Crippen molar-refractivity contribution in [3.05, 3.63) is 42.2 Å². The Morgan fingerprint density at radius 1 is 1.36 bits per heavy atom. The average molecular weight is 341 g/mol. The van der Waals surface area contributed by atoms with Gasteiger partial charge in [0.05, 0.1) is 30.2 Å². The number of carbonyl (C=O) groups excluding carboxylic acids is 2. The Bertz CT molecular complexity index is 785. The second-order valence-corrected chi connectivity index (χ2v) is 6.45. The smallest absolute Gasteiger partial charge is 0.244 e. The lowest BCUT2D eigenvalue weighted by Crippen LogP contribution is -2.47. The van der Waals surface area contributed by atoms with Crippen molar-refractivity contribution >= 4 is 23.2 Å². The molecule has 0 aliphatic carbocycles. The van der Waals surface area contributed by atoms with Crippen molar-refractivity contribution in [2.45, 2.75) is 32.9 Å². The summed E-state index contributed by atoms with van der Waals surface area (Å²) in [5, 5.41) is 10.4. The van der Waals surface area contributed by atoms with E-state index in [1.807, 2.05) is 49.1 Å². The molecule has 0 saturated carbocycles. The summed E-state index contributed by atoms with van der Waals surface area (Å²) in [7, 11) is 0. The molecule has 2 heterocycles. The number of aromatic nitrogens is 2. The molecule has 2 amide bonds. The van der Waals surface area contributed by atoms with E-state index in [-0.39, 0.29) is 37.0 Å². The lowest BCUT2D eigenvalue weighted by atomic mass is 10.1. The van der Waals surface area contributed by atoms with E-state index in [4.69, 9.17) is 0 Å². The fraction of sp³-hybridized carbons (Fsp3) is 0.389. The highest BCUT2D eigenvalue weighted by Crippen LogP contribution is 2.28. The van der Waals surface area contributed by atoms with E-state index in [0.29, 0.717) is 5.69 Å². The Labute approximate surface area is 147 Å². The van der Waals surface area contributed by atoms with Gasteiger partial charge >= 0.3 is 0 Å². The number of nitrogens with one attached hydrogen (secondary N) is 2. The largest absolute Gasteiger partial charge is 0.323 e. The molecular weight excluding hydrogens is 318 g/mol. The molecule has 0 unspecified atom stereocenters. The molecule has 1 aromatic heterocycles. The minimum absolute atomic E-state index is 0.0415. The third-order valence-corrected chi connectivity index (χ3v) is 4.52. The molecule has 2 N–H and O–H groups in total. The summed E-state index contributed by atoms with van der Waals surface area (Å²) in [5.41, 5.74) is 2.50. The Morgan fingerprint density at radius 3 is 2.84 bits per heavy atom. The summed E-state index contributed by atoms with van der Waals surface area (Å²) in [6.07, 6.45) is 3.80. The molecular formula is C18H23N5O2. The number of hydrogen-bond donors (Lipinski definition) is 2. The van der Waals surface area contributed by atoms with E-state index >= 15 is 0 Å². The maximum atomic E-state index is 12.6. The molecule has 0 fully saturated rings. The molecule has 0 radical (unpaired) electrons. The van der Waals surface area contributed by atoms with Crippen molar-refractivity contribution in [3.63, 3.8) is 0 Å². The van der Waals surface area contributed by atoms with Gasteiger partial charge in [-0.2, -0.15) is 5.10 Å². The molecule has 132 valence electrons. The second kappa shape index (κ2) is 7.06. The van der Waals surface area contributed by atoms with Crippen LogP contribution in [0.3, 0.4) is 0 Å². The summed E-state index contributed by atoms with van der Waals surface area (Å²) in [4.78, 5) is 26.0. The molecule has 25 heavy (non-hydrogen) atoms. The lowest BCUT2D eigenvalue weighted by molar-refractivity contribution is -0.121. The first-order valence-corrected chi connectivity index (χ1v) is 8.39. The number of para-hydroxylation sites is 2. The maximum absolute atomic E-state index is 12.6. The van der Waals surface area contributed by atoms with Gasteiger partial charge in [-0.1, -0.05) is 12.1 Å². The van der Waals surface area contributed by atoms with Gasteiger partial charge in [0.1, 0.15) is 6.54 Å². The number of rotatable bonds is 5. The van der Waals surface area contributed by atoms with Crippen molar-refractivity contribution in [1.82, 2.24) is 15.1 Å². The number of carbonyl (C=O) groups is 2. The molecule has 1 aromatic carbocycles. The average Bonchev–Trinajstić information content (AvgIpc) is 3.04. The van der Waals surface area contributed by atoms with Crippen LogP contribution in [-0.4, -0.2) is 40.7 Å². The number of aryl methyl sites for hydroxylation is 1. The van der Waals surface area contributed by atoms with Crippen molar-refractivity contribution in [3.8, 4) is 0 Å². The minimum atomic E-state index is -0.180. The minimum Gasteiger partial charge on any atom is -0.323 e. The van der Waals surface area contributed by atoms with Crippen molar-refractivity contribution < 1.29 is 9.59 Å². The van der Waals surface area contributed by atoms with Crippen LogP contribution >= 0.6 is 0 Å². The molecule has 0 bridgehead atoms. The first-order valence-electron chi connectivity index (χ1n) is 8.39. The molecule has 7 nitrogen and oxygen atoms in total. The fourth-order valence-electron chi connectivity index (χ4n) is 2.85. The zero-order valence-corrected chi connectivity index (χ0v) is 14.7. The molecule has 0 spiro atoms. The zero-order valence-electron chi connectivity index (χ0n) is 14.7. The summed E-state index contributed by atoms with van der Waals surface area (Å²) in [5.74, 6) is -0.307. The van der Waals surface area contributed by atoms with Gasteiger partial charge in [0.15, 0.2) is 0 Å². The first-order chi connectivity index (χ1) is 12.0. The van der Waals surface area contributed by atoms with Crippen LogP contribution in [0.25, 0.3) is 0 Å². The Hall–Kier alpha value is -2.67. The van der Waals surface area contributed by atoms with Crippen LogP contribution in [0.1, 0.15) is 25.5 Å². The molecule has 1 aliphatic heterocycles. The predicted octanol–water partition coefficient (Wildman–Crippen LogP) is 1.72. The quantitative estimate of drug-likeness (QED) is 0.868. The van der Waals surface area contributed by atoms with E-state index in [2.05, 4.69) is 22.7 Å². The highest BCUT2D eigenvalue weighted by Gasteiger charge is 2.27. The summed E-state index contributed by atoms with van der Waals surface area (Å²) < 4.78 is 1.89. The van der Waals surface area contributed by atoms with Gasteiger partial charge in [-0.3, -0.25) is 19.2 Å². The molecule has 0 saturated heterocycles. The van der Waals surface area contributed by atoms with Crippen LogP contribution in [0.2, 0.25) is 0 Å². The highest BCUT2D eigenvalue weighted by atomic mass is 16.2. The maximum Gasteiger partial charge on any atom is 0.244 e. The number of nitrogens with zero attached hydrogens (tertiary/aromatic N) is 3. The van der Waals surface area contributed by atoms with Crippen molar-refractivity contribution in [2.24, 2.45) is 0 Å². The molecule has 7 heteroatoms. The monoisotopic (exact) mass is 341 g/mol. The van der Waals surface area contributed by atoms with Crippen LogP contribution in [-0.2, 0) is 9.59 Å². The Kier molecular flexibility index (Phi) is 4.85. The predicted molar refractivity (Wildman–Crippen MR) is 96.6 cm³/mol. The molecule has 2 aromatic rings. The van der Waals surface area contributed by atoms with Crippen molar-refractivity contribution in [2.75, 3.05) is 23.3 Å². The molecule has 3 rings (SSSR count). The summed E-state index contributed by atoms with van der Waals surface area (Å²) >= 11 is 0. The van der Waals surface area contributed by atoms with E-state index < -0.39 is 0 Å². The van der Waals surface area contributed by atoms with Crippen LogP contribution < -0.4 is 15.5 Å². The lowest BCUT2D eigenvalue weighted by Gasteiger charge is -2.30. The fourth-order valence-corrected chi connectivity index (χ4v) is 2.85. The van der Waals surface area contributed by atoms with E-state index in [9.17, 15) is 9.59 Å². The van der Waals surface area contributed by atoms with Crippen LogP contribution in [0, 0.1) is 6.92 Å². The third-order valence-electron chi connectivity index (χ3n) is 4.52.